The fourth-order valence-corrected chi connectivity index (χ4v) is 3.03. The average molecular weight is 419 g/mol. The minimum absolute atomic E-state index is 0.00766. The molecule has 0 amide bonds. The van der Waals surface area contributed by atoms with Gasteiger partial charge in [0, 0.05) is 0 Å². The summed E-state index contributed by atoms with van der Waals surface area (Å²) in [5, 5.41) is 11.9. The Morgan fingerprint density at radius 3 is 2.25 bits per heavy atom. The quantitative estimate of drug-likeness (QED) is 0.399. The third-order valence-corrected chi connectivity index (χ3v) is 4.46. The van der Waals surface area contributed by atoms with Crippen LogP contribution in [0.1, 0.15) is 22.3 Å². The molecule has 0 radical (unpaired) electrons. The van der Waals surface area contributed by atoms with Crippen LogP contribution >= 0.6 is 7.60 Å². The van der Waals surface area contributed by atoms with E-state index in [1.54, 1.807) is 32.0 Å². The maximum Gasteiger partial charge on any atom is 0.405 e. The van der Waals surface area contributed by atoms with Crippen molar-refractivity contribution >= 4 is 13.3 Å². The summed E-state index contributed by atoms with van der Waals surface area (Å²) in [6, 6.07) is 7.68. The number of halogens is 3. The van der Waals surface area contributed by atoms with Crippen molar-refractivity contribution < 1.29 is 37.4 Å². The Morgan fingerprint density at radius 1 is 1.11 bits per heavy atom. The monoisotopic (exact) mass is 419 g/mol. The van der Waals surface area contributed by atoms with Gasteiger partial charge in [-0.05, 0) is 66.8 Å². The van der Waals surface area contributed by atoms with E-state index in [0.29, 0.717) is 17.7 Å². The molecule has 2 rings (SSSR count). The molecule has 0 aliphatic carbocycles. The first-order chi connectivity index (χ1) is 12.8. The van der Waals surface area contributed by atoms with Gasteiger partial charge in [0.1, 0.15) is 18.0 Å². The molecule has 2 aromatic carbocycles. The van der Waals surface area contributed by atoms with Gasteiger partial charge in [-0.2, -0.15) is 13.2 Å². The van der Waals surface area contributed by atoms with E-state index in [2.05, 4.69) is 5.32 Å². The second kappa shape index (κ2) is 8.43. The number of phenolic OH excluding ortho intramolecular Hbond substituents is 1. The molecule has 6 nitrogen and oxygen atoms in total. The number of aryl methyl sites for hydroxylation is 2. The van der Waals surface area contributed by atoms with Gasteiger partial charge >= 0.3 is 13.8 Å². The number of hydrogen-bond donors (Lipinski definition) is 4. The first kappa shape index (κ1) is 22.1. The summed E-state index contributed by atoms with van der Waals surface area (Å²) in [5.74, 6) is 0.0444. The van der Waals surface area contributed by atoms with Crippen LogP contribution in [0, 0.1) is 13.8 Å². The van der Waals surface area contributed by atoms with Gasteiger partial charge < -0.3 is 24.9 Å². The van der Waals surface area contributed by atoms with Crippen molar-refractivity contribution in [2.45, 2.75) is 26.4 Å². The SMILES string of the molecule is Cc1cc(OCP(=O)(O)O)cc(C)c1Cc1ccc(O)c(NCC(F)(F)F)c1. The third-order valence-electron chi connectivity index (χ3n) is 3.99. The molecule has 10 heteroatoms. The second-order valence-corrected chi connectivity index (χ2v) is 8.06. The van der Waals surface area contributed by atoms with E-state index in [1.807, 2.05) is 0 Å². The van der Waals surface area contributed by atoms with Gasteiger partial charge in [-0.1, -0.05) is 6.07 Å². The fraction of sp³-hybridized carbons (Fsp3) is 0.333. The number of benzene rings is 2. The summed E-state index contributed by atoms with van der Waals surface area (Å²) in [5.41, 5.74) is 3.19. The van der Waals surface area contributed by atoms with Crippen LogP contribution in [-0.4, -0.2) is 34.0 Å². The summed E-state index contributed by atoms with van der Waals surface area (Å²) >= 11 is 0. The number of phenols is 1. The molecule has 0 unspecified atom stereocenters. The Morgan fingerprint density at radius 2 is 1.71 bits per heavy atom. The zero-order valence-corrected chi connectivity index (χ0v) is 16.1. The van der Waals surface area contributed by atoms with Crippen LogP contribution in [0.15, 0.2) is 30.3 Å². The molecule has 0 fully saturated rings. The van der Waals surface area contributed by atoms with Crippen LogP contribution in [0.3, 0.4) is 0 Å². The van der Waals surface area contributed by atoms with Crippen molar-refractivity contribution in [1.29, 1.82) is 0 Å². The zero-order chi connectivity index (χ0) is 21.1. The Kier molecular flexibility index (Phi) is 6.64. The highest BCUT2D eigenvalue weighted by molar-refractivity contribution is 7.51. The molecule has 0 aliphatic heterocycles. The lowest BCUT2D eigenvalue weighted by atomic mass is 9.95. The molecule has 0 atom stereocenters. The minimum Gasteiger partial charge on any atom is -0.506 e. The van der Waals surface area contributed by atoms with Crippen molar-refractivity contribution in [3.05, 3.63) is 52.6 Å². The molecule has 0 heterocycles. The molecule has 0 saturated heterocycles. The highest BCUT2D eigenvalue weighted by Crippen LogP contribution is 2.35. The van der Waals surface area contributed by atoms with Crippen LogP contribution < -0.4 is 10.1 Å². The predicted octanol–water partition coefficient (Wildman–Crippen LogP) is 4.09. The largest absolute Gasteiger partial charge is 0.506 e. The van der Waals surface area contributed by atoms with Gasteiger partial charge in [-0.3, -0.25) is 4.57 Å². The molecule has 0 saturated carbocycles. The van der Waals surface area contributed by atoms with E-state index < -0.39 is 26.7 Å². The summed E-state index contributed by atoms with van der Waals surface area (Å²) < 4.78 is 53.2. The lowest BCUT2D eigenvalue weighted by Crippen LogP contribution is -2.21. The van der Waals surface area contributed by atoms with E-state index >= 15 is 0 Å². The van der Waals surface area contributed by atoms with Gasteiger partial charge in [0.05, 0.1) is 5.69 Å². The van der Waals surface area contributed by atoms with E-state index in [1.165, 1.54) is 12.1 Å². The van der Waals surface area contributed by atoms with E-state index in [-0.39, 0.29) is 11.4 Å². The molecule has 28 heavy (non-hydrogen) atoms. The van der Waals surface area contributed by atoms with Gasteiger partial charge in [0.15, 0.2) is 6.35 Å². The maximum atomic E-state index is 12.4. The zero-order valence-electron chi connectivity index (χ0n) is 15.2. The fourth-order valence-electron chi connectivity index (χ4n) is 2.71. The van der Waals surface area contributed by atoms with Gasteiger partial charge in [0.25, 0.3) is 0 Å². The lowest BCUT2D eigenvalue weighted by Gasteiger charge is -2.16. The Hall–Kier alpha value is -2.22. The molecule has 0 aliphatic rings. The van der Waals surface area contributed by atoms with Crippen LogP contribution in [0.4, 0.5) is 18.9 Å². The van der Waals surface area contributed by atoms with E-state index in [9.17, 15) is 22.8 Å². The smallest absolute Gasteiger partial charge is 0.405 e. The van der Waals surface area contributed by atoms with Gasteiger partial charge in [-0.25, -0.2) is 0 Å². The molecular formula is C18H21F3NO5P. The molecule has 154 valence electrons. The molecule has 0 aromatic heterocycles. The first-order valence-corrected chi connectivity index (χ1v) is 10.0. The van der Waals surface area contributed by atoms with Crippen molar-refractivity contribution in [3.63, 3.8) is 0 Å². The number of ether oxygens (including phenoxy) is 1. The number of anilines is 1. The number of nitrogens with one attached hydrogen (secondary N) is 1. The van der Waals surface area contributed by atoms with Crippen molar-refractivity contribution in [2.75, 3.05) is 18.2 Å². The van der Waals surface area contributed by atoms with E-state index in [4.69, 9.17) is 14.5 Å². The first-order valence-electron chi connectivity index (χ1n) is 8.24. The van der Waals surface area contributed by atoms with Crippen molar-refractivity contribution in [2.24, 2.45) is 0 Å². The topological polar surface area (TPSA) is 99.0 Å². The Labute approximate surface area is 160 Å². The highest BCUT2D eigenvalue weighted by atomic mass is 31.2. The summed E-state index contributed by atoms with van der Waals surface area (Å²) in [6.45, 7) is 2.35. The van der Waals surface area contributed by atoms with Crippen LogP contribution in [0.25, 0.3) is 0 Å². The number of hydrogen-bond acceptors (Lipinski definition) is 4. The number of rotatable bonds is 7. The molecule has 0 bridgehead atoms. The summed E-state index contributed by atoms with van der Waals surface area (Å²) in [7, 11) is -4.29. The normalized spacial score (nSPS) is 12.1. The average Bonchev–Trinajstić information content (AvgIpc) is 2.55. The van der Waals surface area contributed by atoms with Gasteiger partial charge in [-0.15, -0.1) is 0 Å². The Bertz CT molecular complexity index is 872. The lowest BCUT2D eigenvalue weighted by molar-refractivity contribution is -0.115. The number of alkyl halides is 3. The van der Waals surface area contributed by atoms with Crippen molar-refractivity contribution in [3.8, 4) is 11.5 Å². The Balaban J connectivity index is 2.20. The maximum absolute atomic E-state index is 12.4. The molecule has 4 N–H and O–H groups in total. The second-order valence-electron chi connectivity index (χ2n) is 6.47. The van der Waals surface area contributed by atoms with Crippen LogP contribution in [0.2, 0.25) is 0 Å². The minimum atomic E-state index is -4.40. The van der Waals surface area contributed by atoms with Crippen LogP contribution in [-0.2, 0) is 11.0 Å². The molecule has 2 aromatic rings. The van der Waals surface area contributed by atoms with E-state index in [0.717, 1.165) is 16.7 Å². The predicted molar refractivity (Wildman–Crippen MR) is 98.9 cm³/mol. The standard InChI is InChI=1S/C18H21F3NO5P/c1-11-5-14(27-10-28(24,25)26)6-12(2)15(11)7-13-3-4-17(23)16(8-13)22-9-18(19,20)21/h3-6,8,22-23H,7,9-10H2,1-2H3,(H2,24,25,26). The summed E-state index contributed by atoms with van der Waals surface area (Å²) in [6.07, 6.45) is -4.73. The third kappa shape index (κ3) is 6.74. The highest BCUT2D eigenvalue weighted by Gasteiger charge is 2.27. The van der Waals surface area contributed by atoms with Crippen molar-refractivity contribution in [1.82, 2.24) is 0 Å². The van der Waals surface area contributed by atoms with Crippen LogP contribution in [0.5, 0.6) is 11.5 Å². The number of aromatic hydroxyl groups is 1. The summed E-state index contributed by atoms with van der Waals surface area (Å²) in [4.78, 5) is 17.8. The van der Waals surface area contributed by atoms with Gasteiger partial charge in [0.2, 0.25) is 0 Å². The molecular weight excluding hydrogens is 398 g/mol. The molecule has 0 spiro atoms.